The van der Waals surface area contributed by atoms with E-state index < -0.39 is 10.4 Å². The molecule has 8 nitrogen and oxygen atoms in total. The van der Waals surface area contributed by atoms with E-state index >= 15 is 0 Å². The molecule has 0 unspecified atom stereocenters. The summed E-state index contributed by atoms with van der Waals surface area (Å²) in [5.74, 6) is 0.605. The Kier molecular flexibility index (Phi) is 6.66. The van der Waals surface area contributed by atoms with Crippen LogP contribution in [-0.4, -0.2) is 27.3 Å². The van der Waals surface area contributed by atoms with Crippen molar-refractivity contribution in [1.82, 2.24) is 9.78 Å². The maximum Gasteiger partial charge on any atom is 0.394 e. The van der Waals surface area contributed by atoms with Gasteiger partial charge in [0.05, 0.1) is 11.4 Å². The molecule has 106 valence electrons. The monoisotopic (exact) mass is 280 g/mol. The lowest BCUT2D eigenvalue weighted by atomic mass is 10.2. The largest absolute Gasteiger partial charge is 0.394 e. The van der Waals surface area contributed by atoms with Crippen LogP contribution >= 0.6 is 0 Å². The van der Waals surface area contributed by atoms with Crippen molar-refractivity contribution < 1.29 is 17.5 Å². The zero-order chi connectivity index (χ0) is 14.3. The smallest absolute Gasteiger partial charge is 0.394 e. The van der Waals surface area contributed by atoms with Crippen molar-refractivity contribution >= 4 is 21.9 Å². The highest BCUT2D eigenvalue weighted by Gasteiger charge is 2.07. The fourth-order valence-electron chi connectivity index (χ4n) is 1.30. The van der Waals surface area contributed by atoms with E-state index in [0.29, 0.717) is 11.5 Å². The van der Waals surface area contributed by atoms with Crippen LogP contribution in [0.3, 0.4) is 0 Å². The minimum Gasteiger partial charge on any atom is -0.394 e. The van der Waals surface area contributed by atoms with Crippen molar-refractivity contribution in [2.45, 2.75) is 39.7 Å². The van der Waals surface area contributed by atoms with Gasteiger partial charge in [-0.05, 0) is 13.3 Å². The second kappa shape index (κ2) is 7.19. The topological polar surface area (TPSA) is 144 Å². The molecule has 9 heteroatoms. The Bertz CT molecular complexity index is 461. The molecule has 1 rings (SSSR count). The van der Waals surface area contributed by atoms with E-state index in [0.717, 1.165) is 18.7 Å². The average Bonchev–Trinajstić information content (AvgIpc) is 2.44. The van der Waals surface area contributed by atoms with Gasteiger partial charge in [-0.2, -0.15) is 13.5 Å². The predicted molar refractivity (Wildman–Crippen MR) is 69.5 cm³/mol. The number of nitrogens with two attached hydrogens (primary N) is 2. The molecule has 1 aromatic heterocycles. The van der Waals surface area contributed by atoms with Crippen LogP contribution in [0.2, 0.25) is 0 Å². The molecule has 0 bridgehead atoms. The van der Waals surface area contributed by atoms with Crippen LogP contribution in [0.5, 0.6) is 0 Å². The van der Waals surface area contributed by atoms with Gasteiger partial charge in [0.2, 0.25) is 0 Å². The lowest BCUT2D eigenvalue weighted by Gasteiger charge is -2.02. The molecule has 0 saturated heterocycles. The Morgan fingerprint density at radius 2 is 1.78 bits per heavy atom. The molecular formula is C9H20N4O4S. The van der Waals surface area contributed by atoms with Crippen molar-refractivity contribution in [3.8, 4) is 0 Å². The Morgan fingerprint density at radius 3 is 2.11 bits per heavy atom. The van der Waals surface area contributed by atoms with E-state index in [9.17, 15) is 0 Å². The van der Waals surface area contributed by atoms with Crippen LogP contribution in [0.25, 0.3) is 0 Å². The maximum atomic E-state index is 8.74. The molecular weight excluding hydrogens is 260 g/mol. The van der Waals surface area contributed by atoms with Crippen LogP contribution in [-0.2, 0) is 16.9 Å². The van der Waals surface area contributed by atoms with Gasteiger partial charge in [0.25, 0.3) is 0 Å². The summed E-state index contributed by atoms with van der Waals surface area (Å²) in [6.45, 7) is 4.92. The molecule has 1 aromatic rings. The van der Waals surface area contributed by atoms with Crippen LogP contribution in [0.4, 0.5) is 11.5 Å². The summed E-state index contributed by atoms with van der Waals surface area (Å²) in [7, 11) is -4.67. The van der Waals surface area contributed by atoms with Crippen molar-refractivity contribution in [3.05, 3.63) is 5.69 Å². The van der Waals surface area contributed by atoms with Crippen LogP contribution in [0.1, 0.15) is 31.9 Å². The number of anilines is 2. The van der Waals surface area contributed by atoms with Gasteiger partial charge in [0.1, 0.15) is 5.82 Å². The Hall–Kier alpha value is -1.32. The number of aromatic nitrogens is 2. The molecule has 0 atom stereocenters. The van der Waals surface area contributed by atoms with E-state index in [1.807, 2.05) is 6.92 Å². The molecule has 1 heterocycles. The molecule has 0 amide bonds. The van der Waals surface area contributed by atoms with Crippen LogP contribution < -0.4 is 11.5 Å². The zero-order valence-corrected chi connectivity index (χ0v) is 11.3. The first-order chi connectivity index (χ1) is 8.16. The van der Waals surface area contributed by atoms with E-state index in [1.165, 1.54) is 12.8 Å². The van der Waals surface area contributed by atoms with Gasteiger partial charge in [-0.1, -0.05) is 19.8 Å². The normalized spacial score (nSPS) is 10.9. The highest BCUT2D eigenvalue weighted by atomic mass is 32.3. The summed E-state index contributed by atoms with van der Waals surface area (Å²) in [4.78, 5) is 0. The van der Waals surface area contributed by atoms with Crippen molar-refractivity contribution in [2.24, 2.45) is 0 Å². The van der Waals surface area contributed by atoms with Crippen LogP contribution in [0.15, 0.2) is 0 Å². The minimum absolute atomic E-state index is 0.605. The molecule has 0 radical (unpaired) electrons. The molecule has 6 N–H and O–H groups in total. The lowest BCUT2D eigenvalue weighted by Crippen LogP contribution is -2.05. The molecule has 18 heavy (non-hydrogen) atoms. The third kappa shape index (κ3) is 7.09. The van der Waals surface area contributed by atoms with Gasteiger partial charge in [0, 0.05) is 6.54 Å². The molecule has 0 fully saturated rings. The third-order valence-corrected chi connectivity index (χ3v) is 2.19. The van der Waals surface area contributed by atoms with E-state index in [1.54, 1.807) is 4.68 Å². The van der Waals surface area contributed by atoms with Crippen molar-refractivity contribution in [2.75, 3.05) is 11.5 Å². The summed E-state index contributed by atoms with van der Waals surface area (Å²) in [6.07, 6.45) is 3.52. The van der Waals surface area contributed by atoms with Crippen LogP contribution in [0, 0.1) is 6.92 Å². The van der Waals surface area contributed by atoms with Gasteiger partial charge >= 0.3 is 10.4 Å². The van der Waals surface area contributed by atoms with E-state index in [4.69, 9.17) is 29.0 Å². The molecule has 0 aliphatic heterocycles. The Balaban J connectivity index is 0.000000494. The second-order valence-electron chi connectivity index (χ2n) is 3.76. The first-order valence-corrected chi connectivity index (χ1v) is 6.84. The number of hydrogen-bond donors (Lipinski definition) is 4. The number of hydrogen-bond acceptors (Lipinski definition) is 5. The molecule has 0 aliphatic carbocycles. The van der Waals surface area contributed by atoms with Crippen molar-refractivity contribution in [1.29, 1.82) is 0 Å². The fraction of sp³-hybridized carbons (Fsp3) is 0.667. The third-order valence-electron chi connectivity index (χ3n) is 2.19. The highest BCUT2D eigenvalue weighted by Crippen LogP contribution is 2.18. The standard InChI is InChI=1S/C9H18N4.H2O4S/c1-3-4-5-6-13-9(11)8(10)7(2)12-13;1-5(2,3)4/h3-6,10-11H2,1-2H3;(H2,1,2,3,4). The Morgan fingerprint density at radius 1 is 1.28 bits per heavy atom. The summed E-state index contributed by atoms with van der Waals surface area (Å²) in [5, 5.41) is 4.25. The van der Waals surface area contributed by atoms with Gasteiger partial charge in [-0.25, -0.2) is 4.68 Å². The summed E-state index contributed by atoms with van der Waals surface area (Å²) in [5.41, 5.74) is 12.9. The molecule has 0 spiro atoms. The molecule has 0 aromatic carbocycles. The summed E-state index contributed by atoms with van der Waals surface area (Å²) in [6, 6.07) is 0. The zero-order valence-electron chi connectivity index (χ0n) is 10.5. The first kappa shape index (κ1) is 16.7. The number of unbranched alkanes of at least 4 members (excludes halogenated alkanes) is 2. The van der Waals surface area contributed by atoms with Crippen molar-refractivity contribution in [3.63, 3.8) is 0 Å². The van der Waals surface area contributed by atoms with E-state index in [-0.39, 0.29) is 0 Å². The minimum atomic E-state index is -4.67. The number of nitrogen functional groups attached to an aromatic ring is 2. The lowest BCUT2D eigenvalue weighted by molar-refractivity contribution is 0.381. The average molecular weight is 280 g/mol. The number of nitrogens with zero attached hydrogens (tertiary/aromatic N) is 2. The first-order valence-electron chi connectivity index (χ1n) is 5.45. The SMILES string of the molecule is CCCCCn1nc(C)c(N)c1N.O=S(=O)(O)O. The van der Waals surface area contributed by atoms with Gasteiger partial charge in [-0.15, -0.1) is 0 Å². The molecule has 0 aliphatic rings. The second-order valence-corrected chi connectivity index (χ2v) is 4.66. The highest BCUT2D eigenvalue weighted by molar-refractivity contribution is 7.79. The quantitative estimate of drug-likeness (QED) is 0.473. The number of aryl methyl sites for hydroxylation is 2. The Labute approximate surface area is 107 Å². The number of rotatable bonds is 4. The fourth-order valence-corrected chi connectivity index (χ4v) is 1.30. The van der Waals surface area contributed by atoms with Gasteiger partial charge in [0.15, 0.2) is 0 Å². The van der Waals surface area contributed by atoms with Gasteiger partial charge in [-0.3, -0.25) is 9.11 Å². The predicted octanol–water partition coefficient (Wildman–Crippen LogP) is 0.893. The molecule has 0 saturated carbocycles. The maximum absolute atomic E-state index is 8.74. The summed E-state index contributed by atoms with van der Waals surface area (Å²) < 4.78 is 33.4. The van der Waals surface area contributed by atoms with Gasteiger partial charge < -0.3 is 11.5 Å². The van der Waals surface area contributed by atoms with E-state index in [2.05, 4.69) is 12.0 Å². The summed E-state index contributed by atoms with van der Waals surface area (Å²) >= 11 is 0.